The van der Waals surface area contributed by atoms with Crippen molar-refractivity contribution in [1.82, 2.24) is 0 Å². The van der Waals surface area contributed by atoms with E-state index >= 15 is 0 Å². The molecule has 0 atom stereocenters. The molecule has 0 saturated heterocycles. The average molecular weight is 143 g/mol. The maximum absolute atomic E-state index is 5.67. The summed E-state index contributed by atoms with van der Waals surface area (Å²) in [5, 5.41) is 0. The van der Waals surface area contributed by atoms with Gasteiger partial charge in [-0.25, -0.2) is 0 Å². The molecule has 0 aliphatic rings. The second kappa shape index (κ2) is 4.78. The van der Waals surface area contributed by atoms with Crippen LogP contribution in [-0.2, 0) is 0 Å². The van der Waals surface area contributed by atoms with E-state index in [0.717, 1.165) is 0 Å². The smallest absolute Gasteiger partial charge is 0.138 e. The Morgan fingerprint density at radius 1 is 1.12 bits per heavy atom. The zero-order chi connectivity index (χ0) is 6.41. The molecule has 0 rings (SSSR count). The van der Waals surface area contributed by atoms with Crippen molar-refractivity contribution >= 4 is 19.2 Å². The number of hydrogen-bond acceptors (Lipinski definition) is 0. The van der Waals surface area contributed by atoms with Crippen molar-refractivity contribution in [3.05, 3.63) is 0 Å². The minimum Gasteiger partial charge on any atom is -0.138 e. The summed E-state index contributed by atoms with van der Waals surface area (Å²) < 4.78 is 0. The molecule has 0 heterocycles. The summed E-state index contributed by atoms with van der Waals surface area (Å²) in [7, 11) is -1.45. The highest BCUT2D eigenvalue weighted by molar-refractivity contribution is 7.16. The summed E-state index contributed by atoms with van der Waals surface area (Å²) in [6.07, 6.45) is 0. The molecule has 0 aliphatic carbocycles. The average Bonchev–Trinajstić information content (AvgIpc) is 1.68. The third-order valence-corrected chi connectivity index (χ3v) is 2.28. The van der Waals surface area contributed by atoms with Crippen molar-refractivity contribution in [3.63, 3.8) is 0 Å². The van der Waals surface area contributed by atoms with Gasteiger partial charge in [0.1, 0.15) is 0 Å². The van der Waals surface area contributed by atoms with E-state index in [-0.39, 0.29) is 0 Å². The first-order valence-electron chi connectivity index (χ1n) is 2.30. The topological polar surface area (TPSA) is 0 Å². The predicted octanol–water partition coefficient (Wildman–Crippen LogP) is 1.07. The zero-order valence-corrected chi connectivity index (χ0v) is 6.87. The Labute approximate surface area is 56.5 Å². The van der Waals surface area contributed by atoms with E-state index in [4.69, 9.17) is 11.1 Å². The van der Waals surface area contributed by atoms with Gasteiger partial charge in [0.15, 0.2) is 0 Å². The lowest BCUT2D eigenvalue weighted by atomic mass is 10.8. The van der Waals surface area contributed by atoms with E-state index in [1.54, 1.807) is 13.8 Å². The molecule has 0 saturated carbocycles. The molecular weight excluding hydrogens is 136 g/mol. The first-order chi connectivity index (χ1) is 3.81. The summed E-state index contributed by atoms with van der Waals surface area (Å²) >= 11 is 5.67. The van der Waals surface area contributed by atoms with Crippen LogP contribution in [0.15, 0.2) is 0 Å². The Kier molecular flexibility index (Phi) is 4.55. The van der Waals surface area contributed by atoms with Crippen LogP contribution in [0.2, 0.25) is 0 Å². The van der Waals surface area contributed by atoms with Crippen molar-refractivity contribution in [1.29, 1.82) is 0 Å². The second-order valence-corrected chi connectivity index (χ2v) is 3.76. The Hall–Kier alpha value is -0.373. The van der Waals surface area contributed by atoms with Gasteiger partial charge in [-0.2, -0.15) is 0 Å². The maximum atomic E-state index is 5.67. The highest BCUT2D eigenvalue weighted by Crippen LogP contribution is 1.82. The van der Waals surface area contributed by atoms with Gasteiger partial charge in [0.25, 0.3) is 8.11 Å². The minimum atomic E-state index is -1.45. The maximum Gasteiger partial charge on any atom is 0.293 e. The molecule has 0 aliphatic heterocycles. The van der Waals surface area contributed by atoms with E-state index in [1.807, 2.05) is 0 Å². The van der Waals surface area contributed by atoms with Crippen molar-refractivity contribution < 1.29 is 0 Å². The third kappa shape index (κ3) is 3.80. The molecule has 0 aromatic carbocycles. The fraction of sp³-hybridized carbons (Fsp3) is 0.333. The Morgan fingerprint density at radius 3 is 1.75 bits per heavy atom. The first kappa shape index (κ1) is 7.63. The lowest BCUT2D eigenvalue weighted by Gasteiger charge is -1.77. The number of rotatable bonds is 0. The fourth-order valence-corrected chi connectivity index (χ4v) is 1.52. The van der Waals surface area contributed by atoms with Crippen LogP contribution in [-0.4, -0.2) is 8.11 Å². The molecule has 0 spiro atoms. The summed E-state index contributed by atoms with van der Waals surface area (Å²) in [5.41, 5.74) is 5.65. The predicted molar refractivity (Wildman–Crippen MR) is 39.9 cm³/mol. The molecule has 42 valence electrons. The monoisotopic (exact) mass is 142 g/mol. The van der Waals surface area contributed by atoms with E-state index in [2.05, 4.69) is 22.9 Å². The molecule has 0 radical (unpaired) electrons. The van der Waals surface area contributed by atoms with Crippen molar-refractivity contribution in [2.24, 2.45) is 0 Å². The number of hydrogen-bond donors (Lipinski definition) is 0. The van der Waals surface area contributed by atoms with Gasteiger partial charge in [-0.05, 0) is 13.8 Å². The minimum absolute atomic E-state index is 1.45. The van der Waals surface area contributed by atoms with Gasteiger partial charge in [-0.1, -0.05) is 0 Å². The molecule has 0 unspecified atom stereocenters. The summed E-state index contributed by atoms with van der Waals surface area (Å²) in [6, 6.07) is 0. The standard InChI is InChI=1S/C6H7ClSi/c1-3-5-8(7)6-4-2/h8H,1-2H3. The van der Waals surface area contributed by atoms with Crippen LogP contribution in [0.4, 0.5) is 0 Å². The molecule has 0 N–H and O–H groups in total. The van der Waals surface area contributed by atoms with Gasteiger partial charge in [0.05, 0.1) is 0 Å². The lowest BCUT2D eigenvalue weighted by Crippen LogP contribution is -1.93. The molecule has 0 amide bonds. The quantitative estimate of drug-likeness (QED) is 0.270. The second-order valence-electron chi connectivity index (χ2n) is 1.15. The van der Waals surface area contributed by atoms with Crippen molar-refractivity contribution in [3.8, 4) is 22.9 Å². The largest absolute Gasteiger partial charge is 0.293 e. The van der Waals surface area contributed by atoms with E-state index in [9.17, 15) is 0 Å². The van der Waals surface area contributed by atoms with Crippen molar-refractivity contribution in [2.75, 3.05) is 0 Å². The highest BCUT2D eigenvalue weighted by Gasteiger charge is 1.91. The molecule has 0 aromatic rings. The molecule has 0 nitrogen and oxygen atoms in total. The van der Waals surface area contributed by atoms with Gasteiger partial charge in [0, 0.05) is 0 Å². The van der Waals surface area contributed by atoms with Gasteiger partial charge in [-0.15, -0.1) is 34.0 Å². The van der Waals surface area contributed by atoms with Gasteiger partial charge in [-0.3, -0.25) is 0 Å². The van der Waals surface area contributed by atoms with Crippen LogP contribution in [0.3, 0.4) is 0 Å². The number of halogens is 1. The summed E-state index contributed by atoms with van der Waals surface area (Å²) in [4.78, 5) is 0. The SMILES string of the molecule is CC#C[SiH](Cl)C#CC. The Balaban J connectivity index is 3.71. The summed E-state index contributed by atoms with van der Waals surface area (Å²) in [5.74, 6) is 5.46. The Morgan fingerprint density at radius 2 is 1.50 bits per heavy atom. The summed E-state index contributed by atoms with van der Waals surface area (Å²) in [6.45, 7) is 3.56. The van der Waals surface area contributed by atoms with Gasteiger partial charge in [0.2, 0.25) is 0 Å². The van der Waals surface area contributed by atoms with Crippen LogP contribution < -0.4 is 0 Å². The van der Waals surface area contributed by atoms with Crippen LogP contribution >= 0.6 is 11.1 Å². The van der Waals surface area contributed by atoms with E-state index < -0.39 is 8.11 Å². The fourth-order valence-electron chi connectivity index (χ4n) is 0.290. The van der Waals surface area contributed by atoms with Gasteiger partial charge < -0.3 is 0 Å². The molecule has 0 fully saturated rings. The lowest BCUT2D eigenvalue weighted by molar-refractivity contribution is 1.92. The third-order valence-electron chi connectivity index (χ3n) is 0.542. The van der Waals surface area contributed by atoms with Crippen molar-refractivity contribution in [2.45, 2.75) is 13.8 Å². The van der Waals surface area contributed by atoms with Gasteiger partial charge >= 0.3 is 0 Å². The van der Waals surface area contributed by atoms with Crippen LogP contribution in [0.25, 0.3) is 0 Å². The highest BCUT2D eigenvalue weighted by atomic mass is 35.6. The van der Waals surface area contributed by atoms with Crippen LogP contribution in [0.1, 0.15) is 13.8 Å². The van der Waals surface area contributed by atoms with E-state index in [0.29, 0.717) is 0 Å². The molecule has 0 bridgehead atoms. The Bertz CT molecular complexity index is 144. The zero-order valence-electron chi connectivity index (χ0n) is 4.96. The molecular formula is C6H7ClSi. The molecule has 8 heavy (non-hydrogen) atoms. The normalized spacial score (nSPS) is 6.50. The van der Waals surface area contributed by atoms with E-state index in [1.165, 1.54) is 0 Å². The molecule has 0 aromatic heterocycles. The van der Waals surface area contributed by atoms with Crippen LogP contribution in [0, 0.1) is 22.9 Å². The van der Waals surface area contributed by atoms with Crippen LogP contribution in [0.5, 0.6) is 0 Å². The molecule has 2 heteroatoms. The first-order valence-corrected chi connectivity index (χ1v) is 5.20.